The lowest BCUT2D eigenvalue weighted by atomic mass is 9.35. The topological polar surface area (TPSA) is 104 Å². The Balaban J connectivity index is 1.43. The maximum atomic E-state index is 14.5. The molecule has 8 heteroatoms. The van der Waals surface area contributed by atoms with Crippen LogP contribution >= 0.6 is 11.3 Å². The number of hydrogen-bond acceptors (Lipinski definition) is 6. The number of nitriles is 1. The molecule has 6 nitrogen and oxygen atoms in total. The summed E-state index contributed by atoms with van der Waals surface area (Å²) in [7, 11) is -3.64. The van der Waals surface area contributed by atoms with Gasteiger partial charge in [0.25, 0.3) is 0 Å². The largest absolute Gasteiger partial charge is 0.295 e. The second-order valence-corrected chi connectivity index (χ2v) is 18.8. The molecular weight excluding hydrogens is 565 g/mol. The molecule has 1 N–H and O–H groups in total. The summed E-state index contributed by atoms with van der Waals surface area (Å²) in [6.07, 6.45) is 8.89. The van der Waals surface area contributed by atoms with E-state index in [2.05, 4.69) is 45.4 Å². The van der Waals surface area contributed by atoms with Crippen LogP contribution in [0.5, 0.6) is 0 Å². The van der Waals surface area contributed by atoms with E-state index in [1.807, 2.05) is 26.0 Å². The maximum absolute atomic E-state index is 14.5. The smallest absolute Gasteiger partial charge is 0.250 e. The number of carbonyl (C=O) groups is 2. The SMILES string of the molecule is CC1(C)C[C@H]2[C@H](CC[C@]3(C)[C@@H]2C(=O)C=C2[C@@]4(C)C=C(C#N)C(=O)C(C)(C)[C@@H]4CC[C@]23C)[C@H](NS(=O)(=O)c2cccs2)C1. The highest BCUT2D eigenvalue weighted by atomic mass is 32.2. The van der Waals surface area contributed by atoms with Crippen LogP contribution in [-0.2, 0) is 19.6 Å². The number of nitrogens with zero attached hydrogens (tertiary/aromatic N) is 1. The van der Waals surface area contributed by atoms with Crippen molar-refractivity contribution in [1.29, 1.82) is 5.26 Å². The Morgan fingerprint density at radius 1 is 1.00 bits per heavy atom. The molecule has 226 valence electrons. The molecule has 5 aliphatic carbocycles. The summed E-state index contributed by atoms with van der Waals surface area (Å²) in [5.41, 5.74) is -0.636. The molecule has 0 spiro atoms. The molecule has 42 heavy (non-hydrogen) atoms. The molecule has 3 fully saturated rings. The van der Waals surface area contributed by atoms with Crippen molar-refractivity contribution < 1.29 is 18.0 Å². The van der Waals surface area contributed by atoms with Crippen LogP contribution in [0.25, 0.3) is 0 Å². The quantitative estimate of drug-likeness (QED) is 0.404. The van der Waals surface area contributed by atoms with E-state index < -0.39 is 20.9 Å². The highest BCUT2D eigenvalue weighted by Crippen LogP contribution is 2.73. The summed E-state index contributed by atoms with van der Waals surface area (Å²) >= 11 is 1.23. The molecule has 1 heterocycles. The van der Waals surface area contributed by atoms with Crippen LogP contribution in [0.2, 0.25) is 0 Å². The van der Waals surface area contributed by atoms with Gasteiger partial charge in [0.15, 0.2) is 11.6 Å². The first-order chi connectivity index (χ1) is 19.4. The fraction of sp³-hybridized carbons (Fsp3) is 0.676. The summed E-state index contributed by atoms with van der Waals surface area (Å²) in [5, 5.41) is 11.7. The third kappa shape index (κ3) is 3.98. The van der Waals surface area contributed by atoms with Crippen LogP contribution in [0, 0.1) is 62.1 Å². The van der Waals surface area contributed by atoms with Gasteiger partial charge in [-0.05, 0) is 90.0 Å². The van der Waals surface area contributed by atoms with Gasteiger partial charge in [0.1, 0.15) is 10.3 Å². The molecule has 0 aromatic carbocycles. The van der Waals surface area contributed by atoms with Crippen molar-refractivity contribution in [2.75, 3.05) is 0 Å². The highest BCUT2D eigenvalue weighted by molar-refractivity contribution is 7.91. The Kier molecular flexibility index (Phi) is 6.58. The number of fused-ring (bicyclic) bond motifs is 7. The zero-order chi connectivity index (χ0) is 30.7. The van der Waals surface area contributed by atoms with E-state index >= 15 is 0 Å². The number of hydrogen-bond donors (Lipinski definition) is 1. The molecule has 0 unspecified atom stereocenters. The van der Waals surface area contributed by atoms with Gasteiger partial charge in [-0.15, -0.1) is 11.3 Å². The third-order valence-corrected chi connectivity index (χ3v) is 15.6. The number of Topliss-reactive ketones (excluding diaryl/α,β-unsaturated/α-hetero) is 1. The van der Waals surface area contributed by atoms with Crippen LogP contribution in [0.3, 0.4) is 0 Å². The molecule has 0 bridgehead atoms. The van der Waals surface area contributed by atoms with Gasteiger partial charge in [0.05, 0.1) is 5.57 Å². The second kappa shape index (κ2) is 9.22. The molecule has 0 amide bonds. The van der Waals surface area contributed by atoms with Crippen molar-refractivity contribution in [2.24, 2.45) is 50.7 Å². The molecule has 5 aliphatic rings. The number of rotatable bonds is 3. The highest BCUT2D eigenvalue weighted by Gasteiger charge is 2.68. The number of carbonyl (C=O) groups excluding carboxylic acids is 2. The molecule has 0 aliphatic heterocycles. The molecule has 1 aromatic heterocycles. The van der Waals surface area contributed by atoms with Crippen molar-refractivity contribution in [1.82, 2.24) is 4.72 Å². The zero-order valence-corrected chi connectivity index (χ0v) is 27.5. The average molecular weight is 609 g/mol. The Morgan fingerprint density at radius 3 is 2.36 bits per heavy atom. The minimum atomic E-state index is -3.64. The molecule has 0 saturated heterocycles. The number of ketones is 2. The van der Waals surface area contributed by atoms with Gasteiger partial charge in [-0.3, -0.25) is 9.59 Å². The van der Waals surface area contributed by atoms with E-state index in [0.29, 0.717) is 4.21 Å². The van der Waals surface area contributed by atoms with Crippen molar-refractivity contribution in [3.05, 3.63) is 40.8 Å². The first kappa shape index (κ1) is 30.0. The van der Waals surface area contributed by atoms with Crippen LogP contribution in [0.15, 0.2) is 45.0 Å². The summed E-state index contributed by atoms with van der Waals surface area (Å²) in [6, 6.07) is 5.37. The summed E-state index contributed by atoms with van der Waals surface area (Å²) in [4.78, 5) is 27.8. The van der Waals surface area contributed by atoms with Crippen molar-refractivity contribution in [2.45, 2.75) is 97.2 Å². The standard InChI is InChI=1S/C34H44N2O4S2/c1-30(2)17-22-21(23(18-30)36-42(39,40)27-9-8-14-41-27)10-12-34(7)28(22)24(37)15-26-32(5)16-20(19-35)29(38)31(3,4)25(32)11-13-33(26,34)6/h8-9,14-16,21-23,25,28,36H,10-13,17-18H2,1-7H3/t21-,22-,23+,25-,28-,32-,33+,34+/m0/s1. The van der Waals surface area contributed by atoms with Crippen molar-refractivity contribution in [3.8, 4) is 6.07 Å². The number of allylic oxidation sites excluding steroid dienone is 4. The minimum absolute atomic E-state index is 0.0165. The third-order valence-electron chi connectivity index (χ3n) is 12.8. The summed E-state index contributed by atoms with van der Waals surface area (Å²) < 4.78 is 30.2. The van der Waals surface area contributed by atoms with Gasteiger partial charge < -0.3 is 0 Å². The van der Waals surface area contributed by atoms with Crippen LogP contribution in [0.1, 0.15) is 87.0 Å². The molecule has 0 radical (unpaired) electrons. The molecule has 8 atom stereocenters. The van der Waals surface area contributed by atoms with E-state index in [1.165, 1.54) is 11.3 Å². The normalized spacial score (nSPS) is 42.2. The maximum Gasteiger partial charge on any atom is 0.250 e. The van der Waals surface area contributed by atoms with Gasteiger partial charge >= 0.3 is 0 Å². The van der Waals surface area contributed by atoms with Gasteiger partial charge in [0.2, 0.25) is 10.0 Å². The second-order valence-electron chi connectivity index (χ2n) is 15.9. The molecule has 1 aromatic rings. The molecular formula is C34H44N2O4S2. The van der Waals surface area contributed by atoms with Gasteiger partial charge in [-0.2, -0.15) is 5.26 Å². The van der Waals surface area contributed by atoms with Crippen LogP contribution < -0.4 is 4.72 Å². The fourth-order valence-electron chi connectivity index (χ4n) is 10.8. The summed E-state index contributed by atoms with van der Waals surface area (Å²) in [5.74, 6) is 0.0333. The Bertz CT molecular complexity index is 1560. The lowest BCUT2D eigenvalue weighted by molar-refractivity contribution is -0.157. The Hall–Kier alpha value is -2.08. The predicted octanol–water partition coefficient (Wildman–Crippen LogP) is 6.85. The predicted molar refractivity (Wildman–Crippen MR) is 164 cm³/mol. The average Bonchev–Trinajstić information content (AvgIpc) is 3.43. The number of thiophene rings is 1. The van der Waals surface area contributed by atoms with Gasteiger partial charge in [0, 0.05) is 22.8 Å². The number of nitrogens with one attached hydrogen (secondary N) is 1. The van der Waals surface area contributed by atoms with Gasteiger partial charge in [-0.25, -0.2) is 13.1 Å². The van der Waals surface area contributed by atoms with E-state index in [4.69, 9.17) is 0 Å². The van der Waals surface area contributed by atoms with E-state index in [0.717, 1.165) is 44.1 Å². The lowest BCUT2D eigenvalue weighted by Crippen LogP contribution is -2.65. The van der Waals surface area contributed by atoms with Crippen LogP contribution in [-0.4, -0.2) is 26.0 Å². The van der Waals surface area contributed by atoms with Gasteiger partial charge in [-0.1, -0.05) is 66.2 Å². The van der Waals surface area contributed by atoms with E-state index in [1.54, 1.807) is 17.5 Å². The molecule has 3 saturated carbocycles. The van der Waals surface area contributed by atoms with E-state index in [-0.39, 0.29) is 63.1 Å². The minimum Gasteiger partial charge on any atom is -0.295 e. The van der Waals surface area contributed by atoms with E-state index in [9.17, 15) is 23.3 Å². The number of sulfonamides is 1. The Labute approximate surface area is 255 Å². The summed E-state index contributed by atoms with van der Waals surface area (Å²) in [6.45, 7) is 15.1. The van der Waals surface area contributed by atoms with Crippen molar-refractivity contribution in [3.63, 3.8) is 0 Å². The fourth-order valence-corrected chi connectivity index (χ4v) is 13.1. The van der Waals surface area contributed by atoms with Crippen LogP contribution in [0.4, 0.5) is 0 Å². The first-order valence-corrected chi connectivity index (χ1v) is 17.8. The lowest BCUT2D eigenvalue weighted by Gasteiger charge is -2.68. The zero-order valence-electron chi connectivity index (χ0n) is 25.9. The Morgan fingerprint density at radius 2 is 1.71 bits per heavy atom. The first-order valence-electron chi connectivity index (χ1n) is 15.4. The monoisotopic (exact) mass is 608 g/mol. The van der Waals surface area contributed by atoms with Crippen molar-refractivity contribution >= 4 is 32.9 Å². The molecule has 6 rings (SSSR count).